The van der Waals surface area contributed by atoms with Crippen molar-refractivity contribution in [2.75, 3.05) is 9.91 Å². The zero-order valence-corrected chi connectivity index (χ0v) is 21.6. The molecule has 0 bridgehead atoms. The van der Waals surface area contributed by atoms with Crippen LogP contribution in [0, 0.1) is 0 Å². The number of thiocarbonyl (C=S) groups is 1. The van der Waals surface area contributed by atoms with Crippen molar-refractivity contribution in [2.24, 2.45) is 16.0 Å². The van der Waals surface area contributed by atoms with Crippen molar-refractivity contribution >= 4 is 72.7 Å². The van der Waals surface area contributed by atoms with E-state index in [9.17, 15) is 13.2 Å². The summed E-state index contributed by atoms with van der Waals surface area (Å²) in [6, 6.07) is 24.6. The first-order valence-corrected chi connectivity index (χ1v) is 13.4. The van der Waals surface area contributed by atoms with Crippen molar-refractivity contribution in [3.8, 4) is 0 Å². The number of carbonyl (C=O) groups is 1. The summed E-state index contributed by atoms with van der Waals surface area (Å²) in [5, 5.41) is 13.1. The van der Waals surface area contributed by atoms with Crippen LogP contribution in [-0.4, -0.2) is 25.1 Å². The number of amides is 1. The topological polar surface area (TPSA) is 122 Å². The van der Waals surface area contributed by atoms with Crippen molar-refractivity contribution in [3.63, 3.8) is 0 Å². The second-order valence-corrected chi connectivity index (χ2v) is 10.7. The quantitative estimate of drug-likeness (QED) is 0.285. The standard InChI is InChI=1S/C26H20ClN5O3S2/c27-22-13-5-12-21-23(30-32(26(28)36)18-9-4-10-19(14-18)37(29,34)35)25(33)31(24(21)22)15-17-8-3-7-16-6-1-2-11-20(16)17/h1-14H,15H2,(H2,28,36)(H2,29,34,35)/b30-23-. The fraction of sp³-hybridized carbons (Fsp3) is 0.0385. The number of para-hydroxylation sites is 1. The molecule has 5 rings (SSSR count). The predicted molar refractivity (Wildman–Crippen MR) is 150 cm³/mol. The molecule has 0 radical (unpaired) electrons. The van der Waals surface area contributed by atoms with Gasteiger partial charge in [-0.2, -0.15) is 5.10 Å². The van der Waals surface area contributed by atoms with Crippen molar-refractivity contribution in [2.45, 2.75) is 11.4 Å². The first-order valence-electron chi connectivity index (χ1n) is 11.0. The van der Waals surface area contributed by atoms with Gasteiger partial charge in [0.15, 0.2) is 10.8 Å². The highest BCUT2D eigenvalue weighted by atomic mass is 35.5. The van der Waals surface area contributed by atoms with Gasteiger partial charge in [0.05, 0.1) is 27.8 Å². The fourth-order valence-corrected chi connectivity index (χ4v) is 5.28. The Kier molecular flexibility index (Phi) is 6.42. The Morgan fingerprint density at radius 2 is 1.70 bits per heavy atom. The van der Waals surface area contributed by atoms with Gasteiger partial charge < -0.3 is 10.6 Å². The lowest BCUT2D eigenvalue weighted by molar-refractivity contribution is -0.112. The minimum atomic E-state index is -3.99. The summed E-state index contributed by atoms with van der Waals surface area (Å²) in [4.78, 5) is 15.2. The van der Waals surface area contributed by atoms with E-state index in [0.717, 1.165) is 21.3 Å². The third-order valence-corrected chi connectivity index (χ3v) is 7.36. The van der Waals surface area contributed by atoms with Crippen LogP contribution in [0.5, 0.6) is 0 Å². The lowest BCUT2D eigenvalue weighted by Gasteiger charge is -2.20. The number of primary sulfonamides is 1. The fourth-order valence-electron chi connectivity index (χ4n) is 4.30. The van der Waals surface area contributed by atoms with Crippen molar-refractivity contribution in [1.29, 1.82) is 0 Å². The van der Waals surface area contributed by atoms with Crippen LogP contribution in [0.1, 0.15) is 11.1 Å². The summed E-state index contributed by atoms with van der Waals surface area (Å²) in [5.74, 6) is -0.403. The number of anilines is 2. The molecular formula is C26H20ClN5O3S2. The summed E-state index contributed by atoms with van der Waals surface area (Å²) < 4.78 is 23.7. The highest BCUT2D eigenvalue weighted by Gasteiger charge is 2.37. The minimum absolute atomic E-state index is 0.0616. The van der Waals surface area contributed by atoms with E-state index in [4.69, 9.17) is 34.7 Å². The smallest absolute Gasteiger partial charge is 0.279 e. The van der Waals surface area contributed by atoms with Crippen molar-refractivity contribution in [1.82, 2.24) is 0 Å². The monoisotopic (exact) mass is 549 g/mol. The lowest BCUT2D eigenvalue weighted by atomic mass is 10.0. The Morgan fingerprint density at radius 1 is 1.00 bits per heavy atom. The molecule has 0 aromatic heterocycles. The molecule has 0 saturated carbocycles. The Labute approximate surface area is 223 Å². The second kappa shape index (κ2) is 9.56. The molecule has 1 aliphatic heterocycles. The molecule has 0 saturated heterocycles. The summed E-state index contributed by atoms with van der Waals surface area (Å²) in [6.07, 6.45) is 0. The number of nitrogens with two attached hydrogens (primary N) is 2. The van der Waals surface area contributed by atoms with Crippen LogP contribution in [0.4, 0.5) is 11.4 Å². The maximum atomic E-state index is 13.8. The van der Waals surface area contributed by atoms with E-state index < -0.39 is 15.9 Å². The number of sulfonamides is 1. The van der Waals surface area contributed by atoms with E-state index in [2.05, 4.69) is 5.10 Å². The van der Waals surface area contributed by atoms with Gasteiger partial charge in [0.25, 0.3) is 5.91 Å². The molecule has 0 unspecified atom stereocenters. The van der Waals surface area contributed by atoms with Crippen LogP contribution in [0.25, 0.3) is 10.8 Å². The molecule has 1 heterocycles. The van der Waals surface area contributed by atoms with Gasteiger partial charge in [0.1, 0.15) is 0 Å². The number of hydrogen-bond donors (Lipinski definition) is 2. The maximum absolute atomic E-state index is 13.8. The summed E-state index contributed by atoms with van der Waals surface area (Å²) in [6.45, 7) is 0.254. The van der Waals surface area contributed by atoms with Crippen LogP contribution in [0.3, 0.4) is 0 Å². The van der Waals surface area contributed by atoms with Crippen LogP contribution in [0.2, 0.25) is 5.02 Å². The van der Waals surface area contributed by atoms with Crippen molar-refractivity contribution < 1.29 is 13.2 Å². The zero-order valence-electron chi connectivity index (χ0n) is 19.2. The van der Waals surface area contributed by atoms with E-state index in [1.165, 1.54) is 18.2 Å². The number of hydrazone groups is 1. The van der Waals surface area contributed by atoms with Gasteiger partial charge in [-0.05, 0) is 52.8 Å². The molecule has 8 nitrogen and oxygen atoms in total. The molecule has 4 aromatic carbocycles. The van der Waals surface area contributed by atoms with Gasteiger partial charge in [-0.1, -0.05) is 72.3 Å². The number of hydrogen-bond acceptors (Lipinski definition) is 5. The van der Waals surface area contributed by atoms with E-state index in [1.54, 1.807) is 29.2 Å². The minimum Gasteiger partial charge on any atom is -0.374 e. The van der Waals surface area contributed by atoms with Gasteiger partial charge in [0, 0.05) is 5.56 Å². The Bertz CT molecular complexity index is 1720. The molecule has 11 heteroatoms. The predicted octanol–water partition coefficient (Wildman–Crippen LogP) is 4.14. The molecule has 4 aromatic rings. The molecule has 4 N–H and O–H groups in total. The lowest BCUT2D eigenvalue weighted by Crippen LogP contribution is -2.35. The largest absolute Gasteiger partial charge is 0.374 e. The highest BCUT2D eigenvalue weighted by Crippen LogP contribution is 2.38. The number of carbonyl (C=O) groups excluding carboxylic acids is 1. The van der Waals surface area contributed by atoms with E-state index >= 15 is 0 Å². The first-order chi connectivity index (χ1) is 17.6. The van der Waals surface area contributed by atoms with Crippen LogP contribution >= 0.6 is 23.8 Å². The molecule has 0 atom stereocenters. The zero-order chi connectivity index (χ0) is 26.3. The molecular weight excluding hydrogens is 530 g/mol. The van der Waals surface area contributed by atoms with Crippen LogP contribution in [0.15, 0.2) is 94.9 Å². The van der Waals surface area contributed by atoms with Gasteiger partial charge >= 0.3 is 0 Å². The summed E-state index contributed by atoms with van der Waals surface area (Å²) in [5.41, 5.74) is 8.19. The van der Waals surface area contributed by atoms with E-state index in [-0.39, 0.29) is 28.0 Å². The molecule has 1 aliphatic rings. The van der Waals surface area contributed by atoms with E-state index in [1.807, 2.05) is 42.5 Å². The van der Waals surface area contributed by atoms with Crippen molar-refractivity contribution in [3.05, 3.63) is 101 Å². The average molecular weight is 550 g/mol. The summed E-state index contributed by atoms with van der Waals surface area (Å²) in [7, 11) is -3.99. The Hall–Kier alpha value is -3.83. The van der Waals surface area contributed by atoms with Gasteiger partial charge in [-0.3, -0.25) is 4.79 Å². The average Bonchev–Trinajstić information content (AvgIpc) is 3.13. The molecule has 1 amide bonds. The summed E-state index contributed by atoms with van der Waals surface area (Å²) >= 11 is 11.8. The number of nitrogens with zero attached hydrogens (tertiary/aromatic N) is 3. The van der Waals surface area contributed by atoms with Crippen LogP contribution < -0.4 is 20.8 Å². The number of fused-ring (bicyclic) bond motifs is 2. The number of halogens is 1. The molecule has 0 aliphatic carbocycles. The Morgan fingerprint density at radius 3 is 2.46 bits per heavy atom. The Balaban J connectivity index is 1.61. The van der Waals surface area contributed by atoms with Gasteiger partial charge in [0.2, 0.25) is 10.0 Å². The maximum Gasteiger partial charge on any atom is 0.279 e. The van der Waals surface area contributed by atoms with Crippen LogP contribution in [-0.2, 0) is 21.4 Å². The van der Waals surface area contributed by atoms with Gasteiger partial charge in [-0.15, -0.1) is 0 Å². The highest BCUT2D eigenvalue weighted by molar-refractivity contribution is 7.89. The molecule has 0 spiro atoms. The number of rotatable bonds is 5. The second-order valence-electron chi connectivity index (χ2n) is 8.31. The third-order valence-electron chi connectivity index (χ3n) is 5.97. The van der Waals surface area contributed by atoms with E-state index in [0.29, 0.717) is 16.3 Å². The first kappa shape index (κ1) is 24.8. The third kappa shape index (κ3) is 4.67. The molecule has 37 heavy (non-hydrogen) atoms. The van der Waals surface area contributed by atoms with Gasteiger partial charge in [-0.25, -0.2) is 18.6 Å². The SMILES string of the molecule is NC(=S)N(/N=C1\C(=O)N(Cc2cccc3ccccc23)c2c(Cl)cccc21)c1cccc(S(N)(=O)=O)c1. The molecule has 186 valence electrons. The molecule has 0 fully saturated rings. The normalized spacial score (nSPS) is 14.3. The number of benzene rings is 4.